The molecule has 3 aromatic rings. The molecule has 3 rings (SSSR count). The number of aromatic nitrogens is 1. The van der Waals surface area contributed by atoms with Gasteiger partial charge in [-0.3, -0.25) is 4.79 Å². The first-order chi connectivity index (χ1) is 13.7. The van der Waals surface area contributed by atoms with E-state index in [-0.39, 0.29) is 5.91 Å². The van der Waals surface area contributed by atoms with Gasteiger partial charge in [0, 0.05) is 30.2 Å². The van der Waals surface area contributed by atoms with Crippen LogP contribution in [-0.2, 0) is 16.1 Å². The van der Waals surface area contributed by atoms with Gasteiger partial charge in [-0.1, -0.05) is 23.5 Å². The highest BCUT2D eigenvalue weighted by atomic mass is 32.2. The summed E-state index contributed by atoms with van der Waals surface area (Å²) in [5.41, 5.74) is 1.09. The highest BCUT2D eigenvalue weighted by molar-refractivity contribution is 7.99. The lowest BCUT2D eigenvalue weighted by Crippen LogP contribution is -2.19. The summed E-state index contributed by atoms with van der Waals surface area (Å²) in [7, 11) is 1.65. The maximum Gasteiger partial charge on any atom is 0.249 e. The second kappa shape index (κ2) is 10.5. The Morgan fingerprint density at radius 2 is 1.96 bits per heavy atom. The van der Waals surface area contributed by atoms with Crippen LogP contribution in [0.4, 0.5) is 0 Å². The maximum absolute atomic E-state index is 12.4. The molecule has 148 valence electrons. The lowest BCUT2D eigenvalue weighted by Gasteiger charge is -2.05. The van der Waals surface area contributed by atoms with Crippen LogP contribution in [0.5, 0.6) is 5.75 Å². The molecule has 0 spiro atoms. The molecule has 1 heterocycles. The zero-order chi connectivity index (χ0) is 19.8. The first-order valence-electron chi connectivity index (χ1n) is 9.21. The van der Waals surface area contributed by atoms with Crippen LogP contribution >= 0.6 is 23.1 Å². The molecule has 7 heteroatoms. The molecular weight excluding hydrogens is 392 g/mol. The minimum atomic E-state index is -0.0993. The van der Waals surface area contributed by atoms with Crippen molar-refractivity contribution in [3.63, 3.8) is 0 Å². The van der Waals surface area contributed by atoms with Crippen LogP contribution in [0.2, 0.25) is 0 Å². The number of benzene rings is 2. The van der Waals surface area contributed by atoms with E-state index in [1.165, 1.54) is 0 Å². The third-order valence-corrected chi connectivity index (χ3v) is 6.19. The van der Waals surface area contributed by atoms with Gasteiger partial charge < -0.3 is 14.0 Å². The van der Waals surface area contributed by atoms with E-state index in [0.29, 0.717) is 31.9 Å². The summed E-state index contributed by atoms with van der Waals surface area (Å²) >= 11 is 3.19. The second-order valence-electron chi connectivity index (χ2n) is 5.98. The third-order valence-electron chi connectivity index (χ3n) is 4.12. The van der Waals surface area contributed by atoms with Crippen LogP contribution in [0.1, 0.15) is 13.3 Å². The van der Waals surface area contributed by atoms with Crippen LogP contribution < -0.4 is 9.54 Å². The fraction of sp³-hybridized carbons (Fsp3) is 0.333. The second-order valence-corrected chi connectivity index (χ2v) is 8.16. The number of methoxy groups -OCH3 is 1. The minimum Gasteiger partial charge on any atom is -0.497 e. The molecule has 2 aromatic carbocycles. The SMILES string of the molecule is CCOCCn1c(=NC(=O)CCSc2ccc(OC)cc2)sc2ccccc21. The van der Waals surface area contributed by atoms with E-state index in [0.717, 1.165) is 25.7 Å². The van der Waals surface area contributed by atoms with Gasteiger partial charge in [-0.05, 0) is 43.3 Å². The van der Waals surface area contributed by atoms with Gasteiger partial charge in [-0.2, -0.15) is 4.99 Å². The van der Waals surface area contributed by atoms with Crippen LogP contribution in [-0.4, -0.2) is 36.6 Å². The van der Waals surface area contributed by atoms with Crippen LogP contribution in [0.3, 0.4) is 0 Å². The molecule has 0 N–H and O–H groups in total. The number of carbonyl (C=O) groups excluding carboxylic acids is 1. The molecule has 5 nitrogen and oxygen atoms in total. The summed E-state index contributed by atoms with van der Waals surface area (Å²) in [6.45, 7) is 3.94. The number of thiazole rings is 1. The van der Waals surface area contributed by atoms with E-state index in [1.54, 1.807) is 30.2 Å². The average molecular weight is 417 g/mol. The molecule has 28 heavy (non-hydrogen) atoms. The van der Waals surface area contributed by atoms with Gasteiger partial charge in [-0.15, -0.1) is 11.8 Å². The van der Waals surface area contributed by atoms with Crippen molar-refractivity contribution in [2.75, 3.05) is 26.1 Å². The molecule has 0 saturated carbocycles. The number of hydrogen-bond donors (Lipinski definition) is 0. The minimum absolute atomic E-state index is 0.0993. The molecular formula is C21H24N2O3S2. The number of nitrogens with zero attached hydrogens (tertiary/aromatic N) is 2. The highest BCUT2D eigenvalue weighted by Gasteiger charge is 2.08. The van der Waals surface area contributed by atoms with E-state index >= 15 is 0 Å². The Bertz CT molecular complexity index is 977. The van der Waals surface area contributed by atoms with Crippen molar-refractivity contribution in [2.24, 2.45) is 4.99 Å². The zero-order valence-corrected chi connectivity index (χ0v) is 17.7. The normalized spacial score (nSPS) is 11.9. The van der Waals surface area contributed by atoms with Gasteiger partial charge in [0.1, 0.15) is 5.75 Å². The van der Waals surface area contributed by atoms with E-state index in [4.69, 9.17) is 9.47 Å². The van der Waals surface area contributed by atoms with Crippen molar-refractivity contribution in [3.8, 4) is 5.75 Å². The third kappa shape index (κ3) is 5.47. The van der Waals surface area contributed by atoms with Crippen molar-refractivity contribution >= 4 is 39.2 Å². The number of rotatable bonds is 9. The van der Waals surface area contributed by atoms with Crippen molar-refractivity contribution in [3.05, 3.63) is 53.3 Å². The summed E-state index contributed by atoms with van der Waals surface area (Å²) in [4.78, 5) is 18.7. The summed E-state index contributed by atoms with van der Waals surface area (Å²) in [5.74, 6) is 1.42. The number of carbonyl (C=O) groups is 1. The van der Waals surface area contributed by atoms with Crippen LogP contribution in [0.15, 0.2) is 58.4 Å². The molecule has 0 aliphatic carbocycles. The maximum atomic E-state index is 12.4. The number of fused-ring (bicyclic) bond motifs is 1. The summed E-state index contributed by atoms with van der Waals surface area (Å²) < 4.78 is 13.8. The lowest BCUT2D eigenvalue weighted by molar-refractivity contribution is -0.117. The number of para-hydroxylation sites is 1. The van der Waals surface area contributed by atoms with E-state index in [9.17, 15) is 4.79 Å². The Labute approximate surface area is 173 Å². The Hall–Kier alpha value is -2.09. The Morgan fingerprint density at radius 3 is 2.71 bits per heavy atom. The van der Waals surface area contributed by atoms with Crippen molar-refractivity contribution in [1.82, 2.24) is 4.57 Å². The molecule has 0 bridgehead atoms. The topological polar surface area (TPSA) is 52.8 Å². The van der Waals surface area contributed by atoms with Gasteiger partial charge >= 0.3 is 0 Å². The quantitative estimate of drug-likeness (QED) is 0.384. The van der Waals surface area contributed by atoms with Crippen LogP contribution in [0, 0.1) is 0 Å². The number of amides is 1. The van der Waals surface area contributed by atoms with Crippen molar-refractivity contribution in [1.29, 1.82) is 0 Å². The summed E-state index contributed by atoms with van der Waals surface area (Å²) in [6, 6.07) is 16.0. The predicted octanol–water partition coefficient (Wildman–Crippen LogP) is 4.36. The Kier molecular flexibility index (Phi) is 7.71. The number of thioether (sulfide) groups is 1. The predicted molar refractivity (Wildman–Crippen MR) is 115 cm³/mol. The monoisotopic (exact) mass is 416 g/mol. The smallest absolute Gasteiger partial charge is 0.249 e. The summed E-state index contributed by atoms with van der Waals surface area (Å²) in [6.07, 6.45) is 0.399. The molecule has 0 aliphatic rings. The Morgan fingerprint density at radius 1 is 1.18 bits per heavy atom. The molecule has 0 saturated heterocycles. The van der Waals surface area contributed by atoms with Gasteiger partial charge in [0.2, 0.25) is 5.91 Å². The molecule has 0 atom stereocenters. The van der Waals surface area contributed by atoms with Crippen molar-refractivity contribution in [2.45, 2.75) is 24.8 Å². The fourth-order valence-corrected chi connectivity index (χ4v) is 4.63. The van der Waals surface area contributed by atoms with Gasteiger partial charge in [-0.25, -0.2) is 0 Å². The summed E-state index contributed by atoms with van der Waals surface area (Å²) in [5, 5.41) is 0. The van der Waals surface area contributed by atoms with E-state index < -0.39 is 0 Å². The molecule has 0 unspecified atom stereocenters. The lowest BCUT2D eigenvalue weighted by atomic mass is 10.3. The first-order valence-corrected chi connectivity index (χ1v) is 11.0. The molecule has 0 radical (unpaired) electrons. The molecule has 1 amide bonds. The molecule has 0 fully saturated rings. The Balaban J connectivity index is 1.68. The van der Waals surface area contributed by atoms with Gasteiger partial charge in [0.05, 0.1) is 23.9 Å². The molecule has 1 aromatic heterocycles. The zero-order valence-electron chi connectivity index (χ0n) is 16.1. The fourth-order valence-electron chi connectivity index (χ4n) is 2.71. The van der Waals surface area contributed by atoms with E-state index in [2.05, 4.69) is 21.7 Å². The first kappa shape index (κ1) is 20.6. The largest absolute Gasteiger partial charge is 0.497 e. The van der Waals surface area contributed by atoms with Gasteiger partial charge in [0.25, 0.3) is 0 Å². The average Bonchev–Trinajstić information content (AvgIpc) is 3.06. The van der Waals surface area contributed by atoms with Crippen LogP contribution in [0.25, 0.3) is 10.2 Å². The van der Waals surface area contributed by atoms with Gasteiger partial charge in [0.15, 0.2) is 4.80 Å². The van der Waals surface area contributed by atoms with E-state index in [1.807, 2.05) is 43.3 Å². The number of ether oxygens (including phenoxy) is 2. The molecule has 0 aliphatic heterocycles. The highest BCUT2D eigenvalue weighted by Crippen LogP contribution is 2.22. The standard InChI is InChI=1S/C21H24N2O3S2/c1-3-26-14-13-23-18-6-4-5-7-19(18)28-21(23)22-20(24)12-15-27-17-10-8-16(25-2)9-11-17/h4-11H,3,12-15H2,1-2H3. The number of hydrogen-bond acceptors (Lipinski definition) is 5. The van der Waals surface area contributed by atoms with Crippen molar-refractivity contribution < 1.29 is 14.3 Å².